The van der Waals surface area contributed by atoms with Crippen molar-refractivity contribution in [3.63, 3.8) is 0 Å². The van der Waals surface area contributed by atoms with E-state index in [-0.39, 0.29) is 0 Å². The summed E-state index contributed by atoms with van der Waals surface area (Å²) in [5, 5.41) is 20.5. The van der Waals surface area contributed by atoms with Gasteiger partial charge < -0.3 is 14.9 Å². The number of hydrogen-bond donors (Lipinski definition) is 2. The van der Waals surface area contributed by atoms with Crippen LogP contribution < -0.4 is 0 Å². The summed E-state index contributed by atoms with van der Waals surface area (Å²) in [7, 11) is 0. The molecule has 0 bridgehead atoms. The van der Waals surface area contributed by atoms with E-state index in [2.05, 4.69) is 6.92 Å². The maximum absolute atomic E-state index is 12.0. The van der Waals surface area contributed by atoms with Crippen LogP contribution in [0.5, 0.6) is 0 Å². The molecule has 2 N–H and O–H groups in total. The van der Waals surface area contributed by atoms with Gasteiger partial charge in [0.05, 0.1) is 0 Å². The Balaban J connectivity index is 2.18. The van der Waals surface area contributed by atoms with Gasteiger partial charge >= 0.3 is 5.97 Å². The van der Waals surface area contributed by atoms with Crippen molar-refractivity contribution in [3.05, 3.63) is 12.2 Å². The fourth-order valence-corrected chi connectivity index (χ4v) is 3.69. The number of carbonyl (C=O) groups is 2. The molecule has 0 aliphatic heterocycles. The molecule has 0 saturated heterocycles. The highest BCUT2D eigenvalue weighted by Gasteiger charge is 2.52. The van der Waals surface area contributed by atoms with Gasteiger partial charge in [-0.25, -0.2) is 0 Å². The highest BCUT2D eigenvalue weighted by Crippen LogP contribution is 2.30. The van der Waals surface area contributed by atoms with Gasteiger partial charge in [-0.2, -0.15) is 0 Å². The van der Waals surface area contributed by atoms with Crippen LogP contribution in [0.15, 0.2) is 12.2 Å². The molecule has 0 radical (unpaired) electrons. The number of carbonyl (C=O) groups excluding carboxylic acids is 2. The normalized spacial score (nSPS) is 23.0. The lowest BCUT2D eigenvalue weighted by atomic mass is 9.87. The third-order valence-corrected chi connectivity index (χ3v) is 5.39. The van der Waals surface area contributed by atoms with Crippen LogP contribution in [-0.2, 0) is 14.3 Å². The van der Waals surface area contributed by atoms with Gasteiger partial charge in [0.2, 0.25) is 0 Å². The molecule has 0 aromatic heterocycles. The van der Waals surface area contributed by atoms with Crippen molar-refractivity contribution < 1.29 is 24.5 Å². The zero-order chi connectivity index (χ0) is 20.1. The van der Waals surface area contributed by atoms with E-state index in [0.29, 0.717) is 6.42 Å². The first-order chi connectivity index (χ1) is 12.9. The molecule has 0 amide bonds. The van der Waals surface area contributed by atoms with Crippen LogP contribution in [0.25, 0.3) is 0 Å². The van der Waals surface area contributed by atoms with E-state index in [0.717, 1.165) is 25.3 Å². The Morgan fingerprint density at radius 2 is 1.52 bits per heavy atom. The van der Waals surface area contributed by atoms with E-state index in [4.69, 9.17) is 4.74 Å². The lowest BCUT2D eigenvalue weighted by Crippen LogP contribution is -2.55. The monoisotopic (exact) mass is 382 g/mol. The van der Waals surface area contributed by atoms with Crippen LogP contribution in [0.3, 0.4) is 0 Å². The smallest absolute Gasteiger partial charge is 0.303 e. The van der Waals surface area contributed by atoms with E-state index in [9.17, 15) is 19.8 Å². The first-order valence-corrected chi connectivity index (χ1v) is 10.7. The maximum Gasteiger partial charge on any atom is 0.303 e. The van der Waals surface area contributed by atoms with Crippen molar-refractivity contribution in [3.8, 4) is 0 Å². The van der Waals surface area contributed by atoms with Crippen LogP contribution in [0.2, 0.25) is 0 Å². The molecule has 5 heteroatoms. The average molecular weight is 383 g/mol. The van der Waals surface area contributed by atoms with Crippen LogP contribution in [0.4, 0.5) is 0 Å². The van der Waals surface area contributed by atoms with Crippen LogP contribution in [0, 0.1) is 0 Å². The number of esters is 1. The standard InChI is InChI=1S/C22H38O5/c1-3-4-5-6-7-8-9-10-11-12-13-14-15-21(27-18(2)23)22(26)19(24)16-17-20(22)25/h16-17,19,21,24,26H,3-15H2,1-2H3/t19-,21-,22+/m0/s1. The third kappa shape index (κ3) is 8.14. The largest absolute Gasteiger partial charge is 0.459 e. The predicted octanol–water partition coefficient (Wildman–Crippen LogP) is 4.24. The van der Waals surface area contributed by atoms with E-state index in [1.165, 1.54) is 70.8 Å². The molecule has 0 fully saturated rings. The van der Waals surface area contributed by atoms with E-state index in [1.54, 1.807) is 0 Å². The molecule has 0 unspecified atom stereocenters. The number of aliphatic hydroxyl groups is 2. The molecule has 27 heavy (non-hydrogen) atoms. The Hall–Kier alpha value is -1.20. The molecular weight excluding hydrogens is 344 g/mol. The number of hydrogen-bond acceptors (Lipinski definition) is 5. The minimum absolute atomic E-state index is 0.373. The number of unbranched alkanes of at least 4 members (excludes halogenated alkanes) is 11. The van der Waals surface area contributed by atoms with Gasteiger partial charge in [-0.15, -0.1) is 0 Å². The van der Waals surface area contributed by atoms with Crippen molar-refractivity contribution >= 4 is 11.8 Å². The molecule has 0 aromatic rings. The molecule has 0 saturated carbocycles. The summed E-state index contributed by atoms with van der Waals surface area (Å²) in [6.45, 7) is 3.48. The molecule has 0 aromatic carbocycles. The van der Waals surface area contributed by atoms with E-state index < -0.39 is 29.6 Å². The fraction of sp³-hybridized carbons (Fsp3) is 0.818. The predicted molar refractivity (Wildman–Crippen MR) is 106 cm³/mol. The summed E-state index contributed by atoms with van der Waals surface area (Å²) in [6.07, 6.45) is 15.0. The molecule has 0 spiro atoms. The molecule has 0 heterocycles. The Bertz CT molecular complexity index is 473. The third-order valence-electron chi connectivity index (χ3n) is 5.39. The zero-order valence-corrected chi connectivity index (χ0v) is 17.1. The molecule has 5 nitrogen and oxygen atoms in total. The van der Waals surface area contributed by atoms with Gasteiger partial charge in [0.25, 0.3) is 0 Å². The van der Waals surface area contributed by atoms with Crippen molar-refractivity contribution in [2.45, 2.75) is 115 Å². The fourth-order valence-electron chi connectivity index (χ4n) is 3.69. The first-order valence-electron chi connectivity index (χ1n) is 10.7. The molecule has 1 aliphatic rings. The minimum atomic E-state index is -2.04. The molecule has 3 atom stereocenters. The van der Waals surface area contributed by atoms with E-state index >= 15 is 0 Å². The summed E-state index contributed by atoms with van der Waals surface area (Å²) in [6, 6.07) is 0. The minimum Gasteiger partial charge on any atom is -0.459 e. The van der Waals surface area contributed by atoms with Gasteiger partial charge in [0, 0.05) is 6.92 Å². The average Bonchev–Trinajstić information content (AvgIpc) is 2.89. The number of ketones is 1. The van der Waals surface area contributed by atoms with E-state index in [1.807, 2.05) is 0 Å². The lowest BCUT2D eigenvalue weighted by Gasteiger charge is -2.33. The number of rotatable bonds is 15. The molecule has 156 valence electrons. The second kappa shape index (κ2) is 13.1. The summed E-state index contributed by atoms with van der Waals surface area (Å²) < 4.78 is 5.17. The molecular formula is C22H38O5. The van der Waals surface area contributed by atoms with Gasteiger partial charge in [0.15, 0.2) is 11.4 Å². The topological polar surface area (TPSA) is 83.8 Å². The Kier molecular flexibility index (Phi) is 11.5. The van der Waals surface area contributed by atoms with Crippen molar-refractivity contribution in [2.75, 3.05) is 0 Å². The zero-order valence-electron chi connectivity index (χ0n) is 17.1. The maximum atomic E-state index is 12.0. The van der Waals surface area contributed by atoms with Crippen LogP contribution >= 0.6 is 0 Å². The van der Waals surface area contributed by atoms with Crippen LogP contribution in [0.1, 0.15) is 97.3 Å². The van der Waals surface area contributed by atoms with Gasteiger partial charge in [-0.3, -0.25) is 9.59 Å². The number of ether oxygens (including phenoxy) is 1. The van der Waals surface area contributed by atoms with Crippen molar-refractivity contribution in [1.82, 2.24) is 0 Å². The first kappa shape index (κ1) is 23.8. The summed E-state index contributed by atoms with van der Waals surface area (Å²) in [5.74, 6) is -1.15. The van der Waals surface area contributed by atoms with Gasteiger partial charge in [-0.05, 0) is 25.0 Å². The second-order valence-electron chi connectivity index (χ2n) is 7.77. The SMILES string of the molecule is CCCCCCCCCCCCCC[C@H](OC(C)=O)[C@]1(O)C(=O)C=C[C@@H]1O. The number of aliphatic hydroxyl groups excluding tert-OH is 1. The van der Waals surface area contributed by atoms with Crippen molar-refractivity contribution in [2.24, 2.45) is 0 Å². The Labute approximate surface area is 164 Å². The summed E-state index contributed by atoms with van der Waals surface area (Å²) in [5.41, 5.74) is -2.04. The summed E-state index contributed by atoms with van der Waals surface area (Å²) >= 11 is 0. The highest BCUT2D eigenvalue weighted by molar-refractivity contribution is 6.01. The molecule has 1 rings (SSSR count). The quantitative estimate of drug-likeness (QED) is 0.327. The van der Waals surface area contributed by atoms with Crippen molar-refractivity contribution in [1.29, 1.82) is 0 Å². The lowest BCUT2D eigenvalue weighted by molar-refractivity contribution is -0.178. The second-order valence-corrected chi connectivity index (χ2v) is 7.77. The summed E-state index contributed by atoms with van der Waals surface area (Å²) in [4.78, 5) is 23.3. The van der Waals surface area contributed by atoms with Gasteiger partial charge in [-0.1, -0.05) is 77.6 Å². The van der Waals surface area contributed by atoms with Crippen LogP contribution in [-0.4, -0.2) is 39.8 Å². The Morgan fingerprint density at radius 1 is 1.04 bits per heavy atom. The molecule has 1 aliphatic carbocycles. The van der Waals surface area contributed by atoms with Gasteiger partial charge in [0.1, 0.15) is 12.2 Å². The highest BCUT2D eigenvalue weighted by atomic mass is 16.6. The Morgan fingerprint density at radius 3 is 1.93 bits per heavy atom.